The third kappa shape index (κ3) is 5.91. The van der Waals surface area contributed by atoms with Crippen molar-refractivity contribution in [3.8, 4) is 5.75 Å². The van der Waals surface area contributed by atoms with Crippen molar-refractivity contribution in [2.24, 2.45) is 0 Å². The first kappa shape index (κ1) is 24.1. The fourth-order valence-corrected chi connectivity index (χ4v) is 4.40. The SMILES string of the molecule is COc1ccc(CNC(=O)[C@H](c2ccncc2)N(C(=O)Cc2cccs2)c2ccccc2F)cc1. The van der Waals surface area contributed by atoms with Crippen LogP contribution in [0.15, 0.2) is 90.6 Å². The predicted octanol–water partition coefficient (Wildman–Crippen LogP) is 4.92. The number of thiophene rings is 1. The lowest BCUT2D eigenvalue weighted by Gasteiger charge is -2.31. The van der Waals surface area contributed by atoms with Crippen LogP contribution in [-0.4, -0.2) is 23.9 Å². The summed E-state index contributed by atoms with van der Waals surface area (Å²) >= 11 is 1.43. The Labute approximate surface area is 207 Å². The van der Waals surface area contributed by atoms with Crippen molar-refractivity contribution in [1.82, 2.24) is 10.3 Å². The van der Waals surface area contributed by atoms with Crippen molar-refractivity contribution in [1.29, 1.82) is 0 Å². The van der Waals surface area contributed by atoms with Crippen LogP contribution in [0.5, 0.6) is 5.75 Å². The molecule has 35 heavy (non-hydrogen) atoms. The van der Waals surface area contributed by atoms with Gasteiger partial charge < -0.3 is 10.1 Å². The van der Waals surface area contributed by atoms with Crippen LogP contribution in [0, 0.1) is 5.82 Å². The fourth-order valence-electron chi connectivity index (χ4n) is 3.70. The minimum absolute atomic E-state index is 0.0375. The van der Waals surface area contributed by atoms with Gasteiger partial charge in [0.15, 0.2) is 0 Å². The van der Waals surface area contributed by atoms with E-state index in [0.717, 1.165) is 10.4 Å². The molecular formula is C27H24FN3O3S. The Morgan fingerprint density at radius 1 is 1.03 bits per heavy atom. The second-order valence-corrected chi connectivity index (χ2v) is 8.75. The number of pyridine rings is 1. The molecule has 178 valence electrons. The molecule has 0 radical (unpaired) electrons. The Hall–Kier alpha value is -4.04. The summed E-state index contributed by atoms with van der Waals surface area (Å²) in [4.78, 5) is 33.3. The summed E-state index contributed by atoms with van der Waals surface area (Å²) in [5, 5.41) is 4.78. The average molecular weight is 490 g/mol. The Balaban J connectivity index is 1.69. The van der Waals surface area contributed by atoms with Crippen molar-refractivity contribution >= 4 is 28.8 Å². The summed E-state index contributed by atoms with van der Waals surface area (Å²) in [6, 6.07) is 19.2. The van der Waals surface area contributed by atoms with E-state index in [9.17, 15) is 14.0 Å². The first-order valence-electron chi connectivity index (χ1n) is 11.0. The molecule has 0 aliphatic rings. The summed E-state index contributed by atoms with van der Waals surface area (Å²) in [6.45, 7) is 0.231. The van der Waals surface area contributed by atoms with E-state index < -0.39 is 17.8 Å². The molecule has 0 aliphatic heterocycles. The van der Waals surface area contributed by atoms with Crippen molar-refractivity contribution in [2.75, 3.05) is 12.0 Å². The maximum Gasteiger partial charge on any atom is 0.248 e. The van der Waals surface area contributed by atoms with Gasteiger partial charge in [0.05, 0.1) is 19.2 Å². The molecule has 2 heterocycles. The summed E-state index contributed by atoms with van der Waals surface area (Å²) in [5.74, 6) is -0.706. The largest absolute Gasteiger partial charge is 0.497 e. The molecule has 0 fully saturated rings. The van der Waals surface area contributed by atoms with E-state index in [1.54, 1.807) is 55.9 Å². The number of halogens is 1. The second-order valence-electron chi connectivity index (χ2n) is 7.72. The van der Waals surface area contributed by atoms with Crippen LogP contribution in [0.2, 0.25) is 0 Å². The minimum Gasteiger partial charge on any atom is -0.497 e. The number of ether oxygens (including phenoxy) is 1. The molecule has 0 unspecified atom stereocenters. The second kappa shape index (κ2) is 11.4. The summed E-state index contributed by atoms with van der Waals surface area (Å²) in [7, 11) is 1.58. The number of carbonyl (C=O) groups is 2. The molecule has 0 saturated heterocycles. The van der Waals surface area contributed by atoms with Crippen LogP contribution >= 0.6 is 11.3 Å². The van der Waals surface area contributed by atoms with Gasteiger partial charge in [-0.2, -0.15) is 0 Å². The van der Waals surface area contributed by atoms with Crippen LogP contribution in [-0.2, 0) is 22.6 Å². The monoisotopic (exact) mass is 489 g/mol. The van der Waals surface area contributed by atoms with Crippen LogP contribution < -0.4 is 15.0 Å². The quantitative estimate of drug-likeness (QED) is 0.362. The number of carbonyl (C=O) groups excluding carboxylic acids is 2. The van der Waals surface area contributed by atoms with Gasteiger partial charge in [-0.05, 0) is 59.0 Å². The highest BCUT2D eigenvalue weighted by atomic mass is 32.1. The topological polar surface area (TPSA) is 71.5 Å². The molecule has 8 heteroatoms. The molecule has 0 aliphatic carbocycles. The van der Waals surface area contributed by atoms with Gasteiger partial charge in [-0.15, -0.1) is 11.3 Å². The Morgan fingerprint density at radius 2 is 1.77 bits per heavy atom. The molecule has 2 amide bonds. The molecule has 1 atom stereocenters. The van der Waals surface area contributed by atoms with Crippen LogP contribution in [0.3, 0.4) is 0 Å². The van der Waals surface area contributed by atoms with E-state index in [4.69, 9.17) is 4.74 Å². The third-order valence-electron chi connectivity index (χ3n) is 5.44. The molecule has 0 spiro atoms. The number of amides is 2. The number of benzene rings is 2. The highest BCUT2D eigenvalue weighted by molar-refractivity contribution is 7.10. The first-order valence-corrected chi connectivity index (χ1v) is 11.8. The fraction of sp³-hybridized carbons (Fsp3) is 0.148. The van der Waals surface area contributed by atoms with Gasteiger partial charge in [0.1, 0.15) is 17.6 Å². The number of rotatable bonds is 9. The van der Waals surface area contributed by atoms with Crippen LogP contribution in [0.25, 0.3) is 0 Å². The molecule has 0 bridgehead atoms. The smallest absolute Gasteiger partial charge is 0.248 e. The van der Waals surface area contributed by atoms with E-state index in [1.807, 2.05) is 29.6 Å². The van der Waals surface area contributed by atoms with Crippen molar-refractivity contribution in [3.63, 3.8) is 0 Å². The maximum absolute atomic E-state index is 15.0. The standard InChI is InChI=1S/C27H24FN3O3S/c1-34-21-10-8-19(9-11-21)18-30-27(33)26(20-12-14-29-15-13-20)31(24-7-3-2-6-23(24)28)25(32)17-22-5-4-16-35-22/h2-16,26H,17-18H2,1H3,(H,30,33)/t26-/m0/s1. The van der Waals surface area contributed by atoms with E-state index >= 15 is 0 Å². The molecule has 2 aromatic heterocycles. The Bertz CT molecular complexity index is 1260. The lowest BCUT2D eigenvalue weighted by molar-refractivity contribution is -0.126. The van der Waals surface area contributed by atoms with Gasteiger partial charge in [0.2, 0.25) is 11.8 Å². The zero-order chi connectivity index (χ0) is 24.6. The number of hydrogen-bond acceptors (Lipinski definition) is 5. The Kier molecular flexibility index (Phi) is 7.84. The van der Waals surface area contributed by atoms with Crippen molar-refractivity contribution < 1.29 is 18.7 Å². The Morgan fingerprint density at radius 3 is 2.43 bits per heavy atom. The number of nitrogens with one attached hydrogen (secondary N) is 1. The van der Waals surface area contributed by atoms with Crippen LogP contribution in [0.4, 0.5) is 10.1 Å². The zero-order valence-corrected chi connectivity index (χ0v) is 19.9. The molecular weight excluding hydrogens is 465 g/mol. The maximum atomic E-state index is 15.0. The van der Waals surface area contributed by atoms with Gasteiger partial charge in [-0.1, -0.05) is 30.3 Å². The molecule has 4 rings (SSSR count). The average Bonchev–Trinajstić information content (AvgIpc) is 3.40. The molecule has 2 aromatic carbocycles. The zero-order valence-electron chi connectivity index (χ0n) is 19.1. The van der Waals surface area contributed by atoms with E-state index in [2.05, 4.69) is 10.3 Å². The van der Waals surface area contributed by atoms with Gasteiger partial charge in [0.25, 0.3) is 0 Å². The summed E-state index contributed by atoms with van der Waals surface area (Å²) < 4.78 is 20.2. The lowest BCUT2D eigenvalue weighted by atomic mass is 10.0. The van der Waals surface area contributed by atoms with E-state index in [0.29, 0.717) is 11.3 Å². The summed E-state index contributed by atoms with van der Waals surface area (Å²) in [6.07, 6.45) is 3.13. The third-order valence-corrected chi connectivity index (χ3v) is 6.32. The first-order chi connectivity index (χ1) is 17.1. The van der Waals surface area contributed by atoms with Crippen molar-refractivity contribution in [2.45, 2.75) is 19.0 Å². The van der Waals surface area contributed by atoms with Gasteiger partial charge in [0, 0.05) is 23.8 Å². The number of hydrogen-bond donors (Lipinski definition) is 1. The van der Waals surface area contributed by atoms with E-state index in [-0.39, 0.29) is 24.6 Å². The van der Waals surface area contributed by atoms with Crippen molar-refractivity contribution in [3.05, 3.63) is 112 Å². The van der Waals surface area contributed by atoms with Gasteiger partial charge in [-0.3, -0.25) is 19.5 Å². The van der Waals surface area contributed by atoms with Gasteiger partial charge in [-0.25, -0.2) is 4.39 Å². The number of para-hydroxylation sites is 1. The summed E-state index contributed by atoms with van der Waals surface area (Å²) in [5.41, 5.74) is 1.42. The normalized spacial score (nSPS) is 11.5. The predicted molar refractivity (Wildman–Crippen MR) is 134 cm³/mol. The van der Waals surface area contributed by atoms with E-state index in [1.165, 1.54) is 28.4 Å². The number of nitrogens with zero attached hydrogens (tertiary/aromatic N) is 2. The number of anilines is 1. The molecule has 1 N–H and O–H groups in total. The lowest BCUT2D eigenvalue weighted by Crippen LogP contribution is -2.44. The molecule has 6 nitrogen and oxygen atoms in total. The molecule has 4 aromatic rings. The number of methoxy groups -OCH3 is 1. The minimum atomic E-state index is -1.10. The molecule has 0 saturated carbocycles. The highest BCUT2D eigenvalue weighted by Gasteiger charge is 2.34. The van der Waals surface area contributed by atoms with Crippen LogP contribution in [0.1, 0.15) is 22.0 Å². The number of aromatic nitrogens is 1. The van der Waals surface area contributed by atoms with Gasteiger partial charge >= 0.3 is 0 Å². The highest BCUT2D eigenvalue weighted by Crippen LogP contribution is 2.31.